The van der Waals surface area contributed by atoms with Crippen LogP contribution in [0.15, 0.2) is 18.2 Å². The van der Waals surface area contributed by atoms with Crippen molar-refractivity contribution in [2.45, 2.75) is 13.3 Å². The third-order valence-corrected chi connectivity index (χ3v) is 4.24. The lowest BCUT2D eigenvalue weighted by Gasteiger charge is -2.35. The van der Waals surface area contributed by atoms with Crippen LogP contribution in [0.3, 0.4) is 0 Å². The maximum atomic E-state index is 12.8. The highest BCUT2D eigenvalue weighted by atomic mass is 16.2. The number of fused-ring (bicyclic) bond motifs is 1. The van der Waals surface area contributed by atoms with Crippen molar-refractivity contribution in [2.75, 3.05) is 56.4 Å². The molecule has 1 aromatic carbocycles. The van der Waals surface area contributed by atoms with Crippen LogP contribution in [-0.2, 0) is 0 Å². The van der Waals surface area contributed by atoms with E-state index in [1.165, 1.54) is 6.42 Å². The van der Waals surface area contributed by atoms with Gasteiger partial charge in [-0.1, -0.05) is 13.0 Å². The fourth-order valence-corrected chi connectivity index (χ4v) is 3.11. The fraction of sp³-hybridized carbons (Fsp3) is 0.562. The number of piperazine rings is 1. The van der Waals surface area contributed by atoms with Crippen LogP contribution < -0.4 is 10.6 Å². The van der Waals surface area contributed by atoms with Crippen LogP contribution in [-0.4, -0.2) is 61.5 Å². The molecule has 0 spiro atoms. The Morgan fingerprint density at radius 3 is 2.67 bits per heavy atom. The predicted octanol–water partition coefficient (Wildman–Crippen LogP) is 1.69. The first-order valence-corrected chi connectivity index (χ1v) is 7.92. The summed E-state index contributed by atoms with van der Waals surface area (Å²) in [5.41, 5.74) is 2.80. The van der Waals surface area contributed by atoms with Gasteiger partial charge in [-0.3, -0.25) is 9.69 Å². The highest BCUT2D eigenvalue weighted by Crippen LogP contribution is 2.29. The molecule has 2 aliphatic rings. The number of benzene rings is 1. The Morgan fingerprint density at radius 2 is 1.90 bits per heavy atom. The van der Waals surface area contributed by atoms with Crippen molar-refractivity contribution in [1.29, 1.82) is 0 Å². The lowest BCUT2D eigenvalue weighted by atomic mass is 10.1. The van der Waals surface area contributed by atoms with E-state index in [0.29, 0.717) is 0 Å². The van der Waals surface area contributed by atoms with E-state index in [-0.39, 0.29) is 5.91 Å². The molecule has 0 radical (unpaired) electrons. The van der Waals surface area contributed by atoms with Crippen LogP contribution in [0.2, 0.25) is 0 Å². The second kappa shape index (κ2) is 6.35. The van der Waals surface area contributed by atoms with Crippen LogP contribution in [0.5, 0.6) is 0 Å². The molecule has 114 valence electrons. The van der Waals surface area contributed by atoms with Crippen molar-refractivity contribution in [2.24, 2.45) is 0 Å². The quantitative estimate of drug-likeness (QED) is 0.888. The second-order valence-electron chi connectivity index (χ2n) is 5.72. The zero-order chi connectivity index (χ0) is 14.7. The summed E-state index contributed by atoms with van der Waals surface area (Å²) in [6, 6.07) is 5.91. The first-order valence-electron chi connectivity index (χ1n) is 7.92. The van der Waals surface area contributed by atoms with E-state index in [4.69, 9.17) is 0 Å². The molecule has 1 amide bonds. The van der Waals surface area contributed by atoms with Crippen LogP contribution >= 0.6 is 0 Å². The molecule has 0 unspecified atom stereocenters. The molecule has 1 aromatic rings. The molecular weight excluding hydrogens is 264 g/mol. The Labute approximate surface area is 126 Å². The van der Waals surface area contributed by atoms with E-state index in [0.717, 1.165) is 62.8 Å². The fourth-order valence-electron chi connectivity index (χ4n) is 3.11. The van der Waals surface area contributed by atoms with Crippen LogP contribution in [0.1, 0.15) is 23.7 Å². The lowest BCUT2D eigenvalue weighted by Crippen LogP contribution is -2.49. The van der Waals surface area contributed by atoms with Crippen LogP contribution in [0.4, 0.5) is 11.4 Å². The smallest absolute Gasteiger partial charge is 0.256 e. The van der Waals surface area contributed by atoms with Gasteiger partial charge in [0.05, 0.1) is 16.9 Å². The third-order valence-electron chi connectivity index (χ3n) is 4.24. The molecule has 3 rings (SSSR count). The highest BCUT2D eigenvalue weighted by molar-refractivity contribution is 6.02. The Kier molecular flexibility index (Phi) is 4.29. The zero-order valence-corrected chi connectivity index (χ0v) is 12.7. The zero-order valence-electron chi connectivity index (χ0n) is 12.7. The maximum Gasteiger partial charge on any atom is 0.256 e. The number of carbonyl (C=O) groups excluding carboxylic acids is 1. The van der Waals surface area contributed by atoms with Gasteiger partial charge in [-0.05, 0) is 25.1 Å². The first kappa shape index (κ1) is 14.2. The van der Waals surface area contributed by atoms with Gasteiger partial charge in [0.1, 0.15) is 0 Å². The van der Waals surface area contributed by atoms with Crippen molar-refractivity contribution in [3.63, 3.8) is 0 Å². The summed E-state index contributed by atoms with van der Waals surface area (Å²) in [6.45, 7) is 8.73. The first-order chi connectivity index (χ1) is 10.3. The molecule has 5 nitrogen and oxygen atoms in total. The average Bonchev–Trinajstić information content (AvgIpc) is 2.55. The Balaban J connectivity index is 1.72. The van der Waals surface area contributed by atoms with Crippen molar-refractivity contribution in [1.82, 2.24) is 9.80 Å². The molecule has 1 saturated heterocycles. The summed E-state index contributed by atoms with van der Waals surface area (Å²) < 4.78 is 0. The largest absolute Gasteiger partial charge is 0.382 e. The number of nitrogens with zero attached hydrogens (tertiary/aromatic N) is 2. The summed E-state index contributed by atoms with van der Waals surface area (Å²) in [5.74, 6) is 0.152. The van der Waals surface area contributed by atoms with E-state index in [2.05, 4.69) is 22.5 Å². The Bertz CT molecular complexity index is 509. The number of hydrogen-bond donors (Lipinski definition) is 2. The van der Waals surface area contributed by atoms with Gasteiger partial charge in [0.15, 0.2) is 0 Å². The molecule has 2 N–H and O–H groups in total. The van der Waals surface area contributed by atoms with Crippen LogP contribution in [0, 0.1) is 0 Å². The number of amides is 1. The topological polar surface area (TPSA) is 47.6 Å². The number of nitrogens with one attached hydrogen (secondary N) is 2. The average molecular weight is 288 g/mol. The lowest BCUT2D eigenvalue weighted by molar-refractivity contribution is 0.0638. The van der Waals surface area contributed by atoms with E-state index in [1.807, 2.05) is 23.1 Å². The number of carbonyl (C=O) groups is 1. The molecular formula is C16H24N4O. The van der Waals surface area contributed by atoms with E-state index >= 15 is 0 Å². The molecule has 5 heteroatoms. The minimum atomic E-state index is 0.152. The summed E-state index contributed by atoms with van der Waals surface area (Å²) in [4.78, 5) is 17.2. The Morgan fingerprint density at radius 1 is 1.14 bits per heavy atom. The minimum absolute atomic E-state index is 0.152. The van der Waals surface area contributed by atoms with Gasteiger partial charge in [-0.25, -0.2) is 0 Å². The number of para-hydroxylation sites is 1. The van der Waals surface area contributed by atoms with E-state index in [1.54, 1.807) is 0 Å². The summed E-state index contributed by atoms with van der Waals surface area (Å²) in [7, 11) is 0. The highest BCUT2D eigenvalue weighted by Gasteiger charge is 2.25. The van der Waals surface area contributed by atoms with Gasteiger partial charge >= 0.3 is 0 Å². The maximum absolute atomic E-state index is 12.8. The number of rotatable bonds is 3. The SMILES string of the molecule is CCCN1CCN(C(=O)c2cccc3c2NCCN3)CC1. The van der Waals surface area contributed by atoms with Crippen molar-refractivity contribution >= 4 is 17.3 Å². The Hall–Kier alpha value is -1.75. The van der Waals surface area contributed by atoms with Gasteiger partial charge in [-0.2, -0.15) is 0 Å². The van der Waals surface area contributed by atoms with Gasteiger partial charge in [0, 0.05) is 39.3 Å². The standard InChI is InChI=1S/C16H24N4O/c1-2-8-19-9-11-20(12-10-19)16(21)13-4-3-5-14-15(13)18-7-6-17-14/h3-5,17-18H,2,6-12H2,1H3. The van der Waals surface area contributed by atoms with Crippen molar-refractivity contribution in [3.05, 3.63) is 23.8 Å². The molecule has 1 fully saturated rings. The van der Waals surface area contributed by atoms with E-state index in [9.17, 15) is 4.79 Å². The third kappa shape index (κ3) is 2.97. The summed E-state index contributed by atoms with van der Waals surface area (Å²) >= 11 is 0. The summed E-state index contributed by atoms with van der Waals surface area (Å²) in [5, 5.41) is 6.70. The molecule has 0 atom stereocenters. The molecule has 0 aliphatic carbocycles. The molecule has 0 saturated carbocycles. The van der Waals surface area contributed by atoms with Gasteiger partial charge in [-0.15, -0.1) is 0 Å². The normalized spacial score (nSPS) is 18.6. The van der Waals surface area contributed by atoms with E-state index < -0.39 is 0 Å². The summed E-state index contributed by atoms with van der Waals surface area (Å²) in [6.07, 6.45) is 1.18. The second-order valence-corrected chi connectivity index (χ2v) is 5.72. The molecule has 21 heavy (non-hydrogen) atoms. The van der Waals surface area contributed by atoms with Crippen molar-refractivity contribution in [3.8, 4) is 0 Å². The monoisotopic (exact) mass is 288 g/mol. The predicted molar refractivity (Wildman–Crippen MR) is 86.1 cm³/mol. The van der Waals surface area contributed by atoms with Gasteiger partial charge in [0.2, 0.25) is 0 Å². The molecule has 2 heterocycles. The molecule has 0 bridgehead atoms. The molecule has 0 aromatic heterocycles. The van der Waals surface area contributed by atoms with Crippen LogP contribution in [0.25, 0.3) is 0 Å². The van der Waals surface area contributed by atoms with Gasteiger partial charge < -0.3 is 15.5 Å². The number of anilines is 2. The van der Waals surface area contributed by atoms with Crippen molar-refractivity contribution < 1.29 is 4.79 Å². The minimum Gasteiger partial charge on any atom is -0.382 e. The van der Waals surface area contributed by atoms with Gasteiger partial charge in [0.25, 0.3) is 5.91 Å². The number of hydrogen-bond acceptors (Lipinski definition) is 4. The molecule has 2 aliphatic heterocycles.